The van der Waals surface area contributed by atoms with E-state index in [0.717, 1.165) is 17.5 Å². The molecule has 2 N–H and O–H groups in total. The third-order valence-corrected chi connectivity index (χ3v) is 3.36. The fourth-order valence-electron chi connectivity index (χ4n) is 1.57. The second-order valence-electron chi connectivity index (χ2n) is 4.69. The Morgan fingerprint density at radius 3 is 2.39 bits per heavy atom. The first-order valence-corrected chi connectivity index (χ1v) is 7.78. The minimum Gasteiger partial charge on any atom is -0.373 e. The summed E-state index contributed by atoms with van der Waals surface area (Å²) in [5.74, 6) is 3.25. The van der Waals surface area contributed by atoms with Gasteiger partial charge >= 0.3 is 0 Å². The van der Waals surface area contributed by atoms with Gasteiger partial charge in [-0.05, 0) is 6.92 Å². The van der Waals surface area contributed by atoms with Crippen molar-refractivity contribution in [2.75, 3.05) is 29.7 Å². The molecule has 2 unspecified atom stereocenters. The van der Waals surface area contributed by atoms with Crippen LogP contribution in [0.15, 0.2) is 6.07 Å². The molecule has 0 saturated carbocycles. The minimum absolute atomic E-state index is 0.121. The molecule has 1 rings (SSSR count). The van der Waals surface area contributed by atoms with Gasteiger partial charge in [-0.1, -0.05) is 13.8 Å². The highest BCUT2D eigenvalue weighted by Crippen LogP contribution is 2.17. The molecule has 0 aliphatic carbocycles. The Bertz CT molecular complexity index is 423. The third kappa shape index (κ3) is 4.60. The summed E-state index contributed by atoms with van der Waals surface area (Å²) in [6.45, 7) is 6.11. The van der Waals surface area contributed by atoms with Gasteiger partial charge in [-0.2, -0.15) is 0 Å². The Morgan fingerprint density at radius 2 is 1.89 bits per heavy atom. The maximum atomic E-state index is 11.2. The molecule has 0 aromatic carbocycles. The average molecular weight is 270 g/mol. The molecule has 0 radical (unpaired) electrons. The highest BCUT2D eigenvalue weighted by molar-refractivity contribution is 7.84. The van der Waals surface area contributed by atoms with Crippen LogP contribution in [-0.4, -0.2) is 39.3 Å². The van der Waals surface area contributed by atoms with E-state index in [-0.39, 0.29) is 12.0 Å². The first-order valence-electron chi connectivity index (χ1n) is 6.05. The standard InChI is InChI=1S/C12H22N4OS/c1-8(2)12-15-10(13-4)6-11(16-12)14-9(3)7-18(5)17/h6,8-9H,7H2,1-5H3,(H2,13,14,15,16). The Morgan fingerprint density at radius 1 is 1.28 bits per heavy atom. The van der Waals surface area contributed by atoms with E-state index in [1.807, 2.05) is 20.0 Å². The van der Waals surface area contributed by atoms with Crippen LogP contribution < -0.4 is 10.6 Å². The molecule has 1 heterocycles. The number of nitrogens with zero attached hydrogens (tertiary/aromatic N) is 2. The van der Waals surface area contributed by atoms with Crippen LogP contribution >= 0.6 is 0 Å². The second-order valence-corrected chi connectivity index (χ2v) is 6.17. The van der Waals surface area contributed by atoms with Crippen molar-refractivity contribution in [1.82, 2.24) is 9.97 Å². The summed E-state index contributed by atoms with van der Waals surface area (Å²) in [6, 6.07) is 1.98. The molecule has 0 aliphatic heterocycles. The van der Waals surface area contributed by atoms with E-state index in [2.05, 4.69) is 34.4 Å². The lowest BCUT2D eigenvalue weighted by molar-refractivity contribution is 0.682. The lowest BCUT2D eigenvalue weighted by atomic mass is 10.2. The van der Waals surface area contributed by atoms with Crippen LogP contribution in [-0.2, 0) is 10.8 Å². The van der Waals surface area contributed by atoms with E-state index >= 15 is 0 Å². The molecule has 6 heteroatoms. The molecule has 102 valence electrons. The lowest BCUT2D eigenvalue weighted by Crippen LogP contribution is -2.23. The lowest BCUT2D eigenvalue weighted by Gasteiger charge is -2.15. The van der Waals surface area contributed by atoms with Crippen molar-refractivity contribution in [2.24, 2.45) is 0 Å². The topological polar surface area (TPSA) is 66.9 Å². The van der Waals surface area contributed by atoms with Crippen molar-refractivity contribution in [3.8, 4) is 0 Å². The Kier molecular flexibility index (Phi) is 5.53. The number of aromatic nitrogens is 2. The smallest absolute Gasteiger partial charge is 0.135 e. The average Bonchev–Trinajstić information content (AvgIpc) is 2.27. The van der Waals surface area contributed by atoms with Crippen LogP contribution in [0.4, 0.5) is 11.6 Å². The molecule has 1 aromatic heterocycles. The zero-order valence-corrected chi connectivity index (χ0v) is 12.5. The molecule has 0 bridgehead atoms. The van der Waals surface area contributed by atoms with Crippen LogP contribution in [0.5, 0.6) is 0 Å². The molecule has 5 nitrogen and oxygen atoms in total. The van der Waals surface area contributed by atoms with Gasteiger partial charge in [0.05, 0.1) is 0 Å². The van der Waals surface area contributed by atoms with Crippen molar-refractivity contribution in [3.63, 3.8) is 0 Å². The molecule has 0 aliphatic rings. The highest BCUT2D eigenvalue weighted by Gasteiger charge is 2.10. The van der Waals surface area contributed by atoms with E-state index in [0.29, 0.717) is 5.75 Å². The number of anilines is 2. The Hall–Kier alpha value is -1.17. The third-order valence-electron chi connectivity index (χ3n) is 2.39. The van der Waals surface area contributed by atoms with Crippen molar-refractivity contribution >= 4 is 22.4 Å². The quantitative estimate of drug-likeness (QED) is 0.825. The van der Waals surface area contributed by atoms with Crippen molar-refractivity contribution in [3.05, 3.63) is 11.9 Å². The van der Waals surface area contributed by atoms with Crippen molar-refractivity contribution in [2.45, 2.75) is 32.7 Å². The summed E-state index contributed by atoms with van der Waals surface area (Å²) in [4.78, 5) is 8.86. The van der Waals surface area contributed by atoms with E-state index in [4.69, 9.17) is 0 Å². The molecule has 2 atom stereocenters. The minimum atomic E-state index is -0.812. The fourth-order valence-corrected chi connectivity index (χ4v) is 2.36. The van der Waals surface area contributed by atoms with E-state index < -0.39 is 10.8 Å². The van der Waals surface area contributed by atoms with Gasteiger partial charge in [-0.15, -0.1) is 0 Å². The van der Waals surface area contributed by atoms with Gasteiger partial charge in [0, 0.05) is 47.9 Å². The predicted molar refractivity (Wildman–Crippen MR) is 77.7 cm³/mol. The normalized spacial score (nSPS) is 14.3. The zero-order valence-electron chi connectivity index (χ0n) is 11.7. The summed E-state index contributed by atoms with van der Waals surface area (Å²) >= 11 is 0. The number of nitrogens with one attached hydrogen (secondary N) is 2. The number of hydrogen-bond donors (Lipinski definition) is 2. The number of hydrogen-bond acceptors (Lipinski definition) is 5. The maximum absolute atomic E-state index is 11.2. The van der Waals surface area contributed by atoms with Crippen LogP contribution in [0, 0.1) is 0 Å². The van der Waals surface area contributed by atoms with E-state index in [9.17, 15) is 4.21 Å². The molecular weight excluding hydrogens is 248 g/mol. The molecular formula is C12H22N4OS. The summed E-state index contributed by atoms with van der Waals surface area (Å²) < 4.78 is 11.2. The predicted octanol–water partition coefficient (Wildman–Crippen LogP) is 1.82. The first kappa shape index (κ1) is 14.9. The van der Waals surface area contributed by atoms with E-state index in [1.54, 1.807) is 6.26 Å². The SMILES string of the molecule is CNc1cc(NC(C)CS(C)=O)nc(C(C)C)n1. The van der Waals surface area contributed by atoms with Crippen LogP contribution in [0.3, 0.4) is 0 Å². The van der Waals surface area contributed by atoms with Crippen LogP contribution in [0.2, 0.25) is 0 Å². The summed E-state index contributed by atoms with van der Waals surface area (Å²) in [6.07, 6.45) is 1.71. The Labute approximate surface area is 111 Å². The molecule has 0 saturated heterocycles. The second kappa shape index (κ2) is 6.68. The molecule has 0 spiro atoms. The monoisotopic (exact) mass is 270 g/mol. The van der Waals surface area contributed by atoms with E-state index in [1.165, 1.54) is 0 Å². The summed E-state index contributed by atoms with van der Waals surface area (Å²) in [5.41, 5.74) is 0. The van der Waals surface area contributed by atoms with Gasteiger partial charge in [-0.25, -0.2) is 9.97 Å². The van der Waals surface area contributed by atoms with Crippen LogP contribution in [0.1, 0.15) is 32.5 Å². The van der Waals surface area contributed by atoms with Gasteiger partial charge in [0.25, 0.3) is 0 Å². The number of rotatable bonds is 6. The summed E-state index contributed by atoms with van der Waals surface area (Å²) in [7, 11) is 1.02. The fraction of sp³-hybridized carbons (Fsp3) is 0.667. The highest BCUT2D eigenvalue weighted by atomic mass is 32.2. The van der Waals surface area contributed by atoms with Gasteiger partial charge < -0.3 is 10.6 Å². The first-order chi connectivity index (χ1) is 8.42. The van der Waals surface area contributed by atoms with Gasteiger partial charge in [0.2, 0.25) is 0 Å². The summed E-state index contributed by atoms with van der Waals surface area (Å²) in [5, 5.41) is 6.28. The van der Waals surface area contributed by atoms with Crippen molar-refractivity contribution in [1.29, 1.82) is 0 Å². The van der Waals surface area contributed by atoms with Crippen molar-refractivity contribution < 1.29 is 4.21 Å². The van der Waals surface area contributed by atoms with Crippen LogP contribution in [0.25, 0.3) is 0 Å². The Balaban J connectivity index is 2.87. The zero-order chi connectivity index (χ0) is 13.7. The van der Waals surface area contributed by atoms with Gasteiger partial charge in [0.1, 0.15) is 17.5 Å². The van der Waals surface area contributed by atoms with Gasteiger partial charge in [0.15, 0.2) is 0 Å². The molecule has 1 aromatic rings. The van der Waals surface area contributed by atoms with Gasteiger partial charge in [-0.3, -0.25) is 4.21 Å². The molecule has 0 amide bonds. The maximum Gasteiger partial charge on any atom is 0.135 e. The molecule has 0 fully saturated rings. The molecule has 18 heavy (non-hydrogen) atoms. The largest absolute Gasteiger partial charge is 0.373 e.